The Labute approximate surface area is 119 Å². The smallest absolute Gasteiger partial charge is 0.210 e. The molecular weight excluding hydrogens is 266 g/mol. The van der Waals surface area contributed by atoms with Crippen LogP contribution < -0.4 is 0 Å². The minimum Gasteiger partial charge on any atom is -0.361 e. The van der Waals surface area contributed by atoms with Crippen LogP contribution >= 0.6 is 11.3 Å². The van der Waals surface area contributed by atoms with Gasteiger partial charge in [0, 0.05) is 28.9 Å². The van der Waals surface area contributed by atoms with Gasteiger partial charge < -0.3 is 4.98 Å². The average molecular weight is 277 g/mol. The van der Waals surface area contributed by atoms with Gasteiger partial charge in [0.15, 0.2) is 0 Å². The molecule has 0 fully saturated rings. The zero-order valence-corrected chi connectivity index (χ0v) is 11.4. The van der Waals surface area contributed by atoms with Gasteiger partial charge in [0.25, 0.3) is 0 Å². The molecule has 4 aromatic rings. The van der Waals surface area contributed by atoms with Gasteiger partial charge in [0.2, 0.25) is 5.13 Å². The Bertz CT molecular complexity index is 884. The fourth-order valence-corrected chi connectivity index (χ4v) is 3.05. The summed E-state index contributed by atoms with van der Waals surface area (Å²) < 4.78 is 1.17. The molecule has 96 valence electrons. The van der Waals surface area contributed by atoms with E-state index in [9.17, 15) is 0 Å². The van der Waals surface area contributed by atoms with Gasteiger partial charge in [-0.2, -0.15) is 0 Å². The van der Waals surface area contributed by atoms with Crippen molar-refractivity contribution < 1.29 is 0 Å². The van der Waals surface area contributed by atoms with Gasteiger partial charge in [-0.05, 0) is 18.2 Å². The standard InChI is InChI=1S/C16H11N3S/c1-2-6-13-12(5-1)11(9-17-13)10-18-16-19-14-7-3-4-8-15(14)20-16/h1-10,17H/b18-10+. The first-order valence-electron chi connectivity index (χ1n) is 6.36. The summed E-state index contributed by atoms with van der Waals surface area (Å²) in [5.74, 6) is 0. The summed E-state index contributed by atoms with van der Waals surface area (Å²) in [6, 6.07) is 16.3. The Morgan fingerprint density at radius 1 is 1.05 bits per heavy atom. The molecule has 0 radical (unpaired) electrons. The first-order valence-corrected chi connectivity index (χ1v) is 7.17. The second kappa shape index (κ2) is 4.58. The molecule has 3 nitrogen and oxygen atoms in total. The van der Waals surface area contributed by atoms with Crippen LogP contribution in [0, 0.1) is 0 Å². The van der Waals surface area contributed by atoms with E-state index in [1.807, 2.05) is 42.7 Å². The summed E-state index contributed by atoms with van der Waals surface area (Å²) in [5.41, 5.74) is 3.21. The van der Waals surface area contributed by atoms with Crippen LogP contribution in [0.1, 0.15) is 5.56 Å². The van der Waals surface area contributed by atoms with Crippen LogP contribution in [0.4, 0.5) is 5.13 Å². The van der Waals surface area contributed by atoms with Gasteiger partial charge in [0.1, 0.15) is 0 Å². The minimum atomic E-state index is 0.788. The summed E-state index contributed by atoms with van der Waals surface area (Å²) in [5, 5.41) is 1.97. The van der Waals surface area contributed by atoms with E-state index in [0.717, 1.165) is 21.7 Å². The van der Waals surface area contributed by atoms with Gasteiger partial charge in [-0.25, -0.2) is 9.98 Å². The highest BCUT2D eigenvalue weighted by Crippen LogP contribution is 2.27. The van der Waals surface area contributed by atoms with Gasteiger partial charge in [0.05, 0.1) is 10.2 Å². The molecule has 0 saturated carbocycles. The lowest BCUT2D eigenvalue weighted by molar-refractivity contribution is 1.41. The fourth-order valence-electron chi connectivity index (χ4n) is 2.24. The summed E-state index contributed by atoms with van der Waals surface area (Å²) >= 11 is 1.61. The zero-order chi connectivity index (χ0) is 13.4. The van der Waals surface area contributed by atoms with E-state index < -0.39 is 0 Å². The highest BCUT2D eigenvalue weighted by atomic mass is 32.1. The number of aliphatic imine (C=N–C) groups is 1. The topological polar surface area (TPSA) is 41.0 Å². The van der Waals surface area contributed by atoms with E-state index in [1.165, 1.54) is 10.1 Å². The molecule has 4 heteroatoms. The van der Waals surface area contributed by atoms with Crippen molar-refractivity contribution in [1.82, 2.24) is 9.97 Å². The van der Waals surface area contributed by atoms with Crippen molar-refractivity contribution in [2.75, 3.05) is 0 Å². The van der Waals surface area contributed by atoms with Crippen molar-refractivity contribution in [1.29, 1.82) is 0 Å². The van der Waals surface area contributed by atoms with Gasteiger partial charge >= 0.3 is 0 Å². The Balaban J connectivity index is 1.74. The average Bonchev–Trinajstić information content (AvgIpc) is 3.08. The number of nitrogens with one attached hydrogen (secondary N) is 1. The third-order valence-electron chi connectivity index (χ3n) is 3.22. The Morgan fingerprint density at radius 2 is 1.90 bits per heavy atom. The largest absolute Gasteiger partial charge is 0.361 e. The van der Waals surface area contributed by atoms with E-state index >= 15 is 0 Å². The Hall–Kier alpha value is -2.46. The van der Waals surface area contributed by atoms with Crippen LogP contribution in [-0.4, -0.2) is 16.2 Å². The molecule has 2 aromatic heterocycles. The zero-order valence-electron chi connectivity index (χ0n) is 10.6. The predicted octanol–water partition coefficient (Wildman–Crippen LogP) is 4.53. The number of thiazole rings is 1. The molecule has 1 N–H and O–H groups in total. The number of H-pyrrole nitrogens is 1. The molecule has 0 bridgehead atoms. The maximum atomic E-state index is 4.50. The number of aromatic nitrogens is 2. The number of para-hydroxylation sites is 2. The quantitative estimate of drug-likeness (QED) is 0.537. The molecule has 0 saturated heterocycles. The highest BCUT2D eigenvalue weighted by Gasteiger charge is 2.02. The number of hydrogen-bond donors (Lipinski definition) is 1. The number of fused-ring (bicyclic) bond motifs is 2. The maximum absolute atomic E-state index is 4.50. The van der Waals surface area contributed by atoms with E-state index in [4.69, 9.17) is 0 Å². The second-order valence-electron chi connectivity index (χ2n) is 4.51. The monoisotopic (exact) mass is 277 g/mol. The van der Waals surface area contributed by atoms with E-state index in [1.54, 1.807) is 11.3 Å². The van der Waals surface area contributed by atoms with Crippen LogP contribution in [0.25, 0.3) is 21.1 Å². The van der Waals surface area contributed by atoms with Crippen molar-refractivity contribution in [2.45, 2.75) is 0 Å². The van der Waals surface area contributed by atoms with E-state index in [-0.39, 0.29) is 0 Å². The van der Waals surface area contributed by atoms with Crippen molar-refractivity contribution >= 4 is 43.8 Å². The van der Waals surface area contributed by atoms with Crippen LogP contribution in [0.15, 0.2) is 59.7 Å². The summed E-state index contributed by atoms with van der Waals surface area (Å²) in [6.07, 6.45) is 3.85. The lowest BCUT2D eigenvalue weighted by Gasteiger charge is -1.89. The minimum absolute atomic E-state index is 0.788. The molecule has 4 rings (SSSR count). The molecule has 0 unspecified atom stereocenters. The molecule has 20 heavy (non-hydrogen) atoms. The highest BCUT2D eigenvalue weighted by molar-refractivity contribution is 7.22. The third-order valence-corrected chi connectivity index (χ3v) is 4.16. The molecule has 0 aliphatic carbocycles. The van der Waals surface area contributed by atoms with Crippen molar-refractivity contribution in [3.63, 3.8) is 0 Å². The molecule has 0 aliphatic heterocycles. The second-order valence-corrected chi connectivity index (χ2v) is 5.52. The lowest BCUT2D eigenvalue weighted by Crippen LogP contribution is -1.76. The number of nitrogens with zero attached hydrogens (tertiary/aromatic N) is 2. The number of aromatic amines is 1. The van der Waals surface area contributed by atoms with E-state index in [2.05, 4.69) is 33.2 Å². The SMILES string of the molecule is C(=N\c1nc2ccccc2s1)/c1c[nH]c2ccccc12. The van der Waals surface area contributed by atoms with Gasteiger partial charge in [-0.15, -0.1) is 0 Å². The Kier molecular flexibility index (Phi) is 2.60. The maximum Gasteiger partial charge on any atom is 0.210 e. The van der Waals surface area contributed by atoms with Gasteiger partial charge in [-0.3, -0.25) is 0 Å². The van der Waals surface area contributed by atoms with Crippen LogP contribution in [0.3, 0.4) is 0 Å². The molecule has 0 amide bonds. The summed E-state index contributed by atoms with van der Waals surface area (Å²) in [6.45, 7) is 0. The molecule has 0 atom stereocenters. The van der Waals surface area contributed by atoms with Crippen LogP contribution in [0.2, 0.25) is 0 Å². The fraction of sp³-hybridized carbons (Fsp3) is 0. The van der Waals surface area contributed by atoms with Gasteiger partial charge in [-0.1, -0.05) is 41.7 Å². The first-order chi connectivity index (χ1) is 9.90. The molecule has 2 aromatic carbocycles. The first kappa shape index (κ1) is 11.4. The number of benzene rings is 2. The molecule has 0 spiro atoms. The van der Waals surface area contributed by atoms with Crippen molar-refractivity contribution in [2.24, 2.45) is 4.99 Å². The summed E-state index contributed by atoms with van der Waals surface area (Å²) in [7, 11) is 0. The molecule has 2 heterocycles. The predicted molar refractivity (Wildman–Crippen MR) is 85.2 cm³/mol. The van der Waals surface area contributed by atoms with Crippen molar-refractivity contribution in [3.8, 4) is 0 Å². The molecule has 0 aliphatic rings. The lowest BCUT2D eigenvalue weighted by atomic mass is 10.2. The number of rotatable bonds is 2. The summed E-state index contributed by atoms with van der Waals surface area (Å²) in [4.78, 5) is 12.2. The van der Waals surface area contributed by atoms with Crippen LogP contribution in [0.5, 0.6) is 0 Å². The number of hydrogen-bond acceptors (Lipinski definition) is 3. The third kappa shape index (κ3) is 1.90. The molecular formula is C16H11N3S. The van der Waals surface area contributed by atoms with Crippen LogP contribution in [-0.2, 0) is 0 Å². The van der Waals surface area contributed by atoms with Crippen molar-refractivity contribution in [3.05, 3.63) is 60.3 Å². The van der Waals surface area contributed by atoms with E-state index in [0.29, 0.717) is 0 Å². The normalized spacial score (nSPS) is 11.8. The Morgan fingerprint density at radius 3 is 2.85 bits per heavy atom.